The summed E-state index contributed by atoms with van der Waals surface area (Å²) < 4.78 is 5.22. The van der Waals surface area contributed by atoms with Gasteiger partial charge in [0.25, 0.3) is 0 Å². The number of fused-ring (bicyclic) bond motifs is 7. The van der Waals surface area contributed by atoms with E-state index in [1.165, 1.54) is 90.2 Å². The Morgan fingerprint density at radius 1 is 0.309 bits per heavy atom. The summed E-state index contributed by atoms with van der Waals surface area (Å²) in [6.45, 7) is 0. The fourth-order valence-electron chi connectivity index (χ4n) is 8.32. The van der Waals surface area contributed by atoms with Gasteiger partial charge in [-0.2, -0.15) is 0 Å². The van der Waals surface area contributed by atoms with Crippen LogP contribution in [0.2, 0.25) is 0 Å². The largest absolute Gasteiger partial charge is 0.309 e. The molecule has 0 N–H and O–H groups in total. The monoisotopic (exact) mass is 735 g/mol. The molecule has 258 valence electrons. The highest BCUT2D eigenvalue weighted by atomic mass is 32.1. The standard InChI is InChI=1S/C52H33NS2/c1-2-13-35(14-3-1)47-33-38(31-32-41(47)44-21-11-22-45-42-18-6-8-25-49(42)54-51(44)45)53(48-24-12-23-46-43-19-7-9-26-50(43)55-52(46)48)37-29-27-36(28-30-37)40-20-10-16-34-15-4-5-17-39(34)40/h1-33H. The van der Waals surface area contributed by atoms with E-state index >= 15 is 0 Å². The van der Waals surface area contributed by atoms with Gasteiger partial charge in [0.1, 0.15) is 0 Å². The SMILES string of the molecule is c1ccc(-c2cc(N(c3ccc(-c4cccc5ccccc45)cc3)c3cccc4c3sc3ccccc34)ccc2-c2cccc3c2sc2ccccc23)cc1. The summed E-state index contributed by atoms with van der Waals surface area (Å²) in [6.07, 6.45) is 0. The molecule has 0 saturated heterocycles. The van der Waals surface area contributed by atoms with Crippen LogP contribution in [0.4, 0.5) is 17.1 Å². The molecule has 55 heavy (non-hydrogen) atoms. The molecule has 0 atom stereocenters. The van der Waals surface area contributed by atoms with E-state index in [9.17, 15) is 0 Å². The maximum Gasteiger partial charge on any atom is 0.0640 e. The zero-order chi connectivity index (χ0) is 36.3. The Morgan fingerprint density at radius 3 is 1.64 bits per heavy atom. The van der Waals surface area contributed by atoms with Crippen LogP contribution < -0.4 is 4.90 Å². The first-order valence-electron chi connectivity index (χ1n) is 18.7. The summed E-state index contributed by atoms with van der Waals surface area (Å²) in [7, 11) is 0. The lowest BCUT2D eigenvalue weighted by molar-refractivity contribution is 1.30. The number of hydrogen-bond acceptors (Lipinski definition) is 3. The Kier molecular flexibility index (Phi) is 7.61. The predicted octanol–water partition coefficient (Wildman–Crippen LogP) is 16.0. The van der Waals surface area contributed by atoms with Crippen LogP contribution in [-0.2, 0) is 0 Å². The van der Waals surface area contributed by atoms with Crippen molar-refractivity contribution in [2.45, 2.75) is 0 Å². The molecule has 1 nitrogen and oxygen atoms in total. The quantitative estimate of drug-likeness (QED) is 0.164. The number of nitrogens with zero attached hydrogens (tertiary/aromatic N) is 1. The van der Waals surface area contributed by atoms with Crippen molar-refractivity contribution in [3.8, 4) is 33.4 Å². The molecule has 0 amide bonds. The highest BCUT2D eigenvalue weighted by molar-refractivity contribution is 7.26. The smallest absolute Gasteiger partial charge is 0.0640 e. The van der Waals surface area contributed by atoms with E-state index in [0.717, 1.165) is 11.4 Å². The molecular weight excluding hydrogens is 703 g/mol. The molecule has 3 heteroatoms. The maximum absolute atomic E-state index is 2.46. The number of anilines is 3. The summed E-state index contributed by atoms with van der Waals surface area (Å²) in [6, 6.07) is 73.4. The Bertz CT molecular complexity index is 3200. The van der Waals surface area contributed by atoms with Gasteiger partial charge in [0.15, 0.2) is 0 Å². The minimum Gasteiger partial charge on any atom is -0.309 e. The fourth-order valence-corrected chi connectivity index (χ4v) is 10.8. The summed E-state index contributed by atoms with van der Waals surface area (Å²) in [5, 5.41) is 7.73. The van der Waals surface area contributed by atoms with Crippen LogP contribution in [0.3, 0.4) is 0 Å². The van der Waals surface area contributed by atoms with Crippen LogP contribution in [0.1, 0.15) is 0 Å². The molecule has 0 aliphatic carbocycles. The van der Waals surface area contributed by atoms with Crippen LogP contribution in [0.15, 0.2) is 200 Å². The molecule has 9 aromatic carbocycles. The number of rotatable bonds is 6. The van der Waals surface area contributed by atoms with Crippen LogP contribution in [0.25, 0.3) is 84.5 Å². The van der Waals surface area contributed by atoms with Crippen LogP contribution in [-0.4, -0.2) is 0 Å². The van der Waals surface area contributed by atoms with E-state index in [1.807, 2.05) is 22.7 Å². The van der Waals surface area contributed by atoms with Crippen molar-refractivity contribution in [1.29, 1.82) is 0 Å². The Morgan fingerprint density at radius 2 is 0.855 bits per heavy atom. The van der Waals surface area contributed by atoms with Gasteiger partial charge >= 0.3 is 0 Å². The number of hydrogen-bond donors (Lipinski definition) is 0. The first-order chi connectivity index (χ1) is 27.3. The van der Waals surface area contributed by atoms with Crippen molar-refractivity contribution in [2.75, 3.05) is 4.90 Å². The van der Waals surface area contributed by atoms with E-state index in [-0.39, 0.29) is 0 Å². The summed E-state index contributed by atoms with van der Waals surface area (Å²) in [5.74, 6) is 0. The van der Waals surface area contributed by atoms with Gasteiger partial charge in [0, 0.05) is 52.6 Å². The zero-order valence-electron chi connectivity index (χ0n) is 29.8. The Labute approximate surface area is 327 Å². The third kappa shape index (κ3) is 5.35. The molecule has 0 saturated carbocycles. The van der Waals surface area contributed by atoms with Crippen LogP contribution in [0.5, 0.6) is 0 Å². The number of benzene rings is 9. The van der Waals surface area contributed by atoms with Crippen molar-refractivity contribution < 1.29 is 0 Å². The van der Waals surface area contributed by atoms with E-state index in [2.05, 4.69) is 205 Å². The molecule has 11 aromatic rings. The topological polar surface area (TPSA) is 3.24 Å². The van der Waals surface area contributed by atoms with Gasteiger partial charge in [-0.1, -0.05) is 158 Å². The van der Waals surface area contributed by atoms with E-state index in [0.29, 0.717) is 0 Å². The first kappa shape index (κ1) is 32.0. The number of thiophene rings is 2. The first-order valence-corrected chi connectivity index (χ1v) is 20.3. The average Bonchev–Trinajstić information content (AvgIpc) is 3.84. The Hall–Kier alpha value is -6.52. The molecule has 2 aromatic heterocycles. The predicted molar refractivity (Wildman–Crippen MR) is 241 cm³/mol. The molecule has 0 spiro atoms. The second kappa shape index (κ2) is 13.1. The normalized spacial score (nSPS) is 11.6. The zero-order valence-corrected chi connectivity index (χ0v) is 31.4. The van der Waals surface area contributed by atoms with Gasteiger partial charge in [0.05, 0.1) is 10.4 Å². The lowest BCUT2D eigenvalue weighted by Gasteiger charge is -2.27. The average molecular weight is 736 g/mol. The molecule has 0 aliphatic rings. The minimum absolute atomic E-state index is 1.12. The summed E-state index contributed by atoms with van der Waals surface area (Å²) in [4.78, 5) is 2.46. The summed E-state index contributed by atoms with van der Waals surface area (Å²) >= 11 is 3.76. The minimum atomic E-state index is 1.12. The van der Waals surface area contributed by atoms with Crippen molar-refractivity contribution in [1.82, 2.24) is 0 Å². The molecule has 0 radical (unpaired) electrons. The van der Waals surface area contributed by atoms with Crippen molar-refractivity contribution in [3.63, 3.8) is 0 Å². The van der Waals surface area contributed by atoms with Gasteiger partial charge in [0.2, 0.25) is 0 Å². The van der Waals surface area contributed by atoms with Crippen molar-refractivity contribution in [2.24, 2.45) is 0 Å². The molecule has 0 aliphatic heterocycles. The van der Waals surface area contributed by atoms with Gasteiger partial charge in [-0.3, -0.25) is 0 Å². The van der Waals surface area contributed by atoms with Gasteiger partial charge in [-0.05, 0) is 81.1 Å². The van der Waals surface area contributed by atoms with Gasteiger partial charge < -0.3 is 4.90 Å². The van der Waals surface area contributed by atoms with Gasteiger partial charge in [-0.15, -0.1) is 22.7 Å². The van der Waals surface area contributed by atoms with Crippen LogP contribution >= 0.6 is 22.7 Å². The van der Waals surface area contributed by atoms with Crippen molar-refractivity contribution in [3.05, 3.63) is 200 Å². The lowest BCUT2D eigenvalue weighted by atomic mass is 9.92. The summed E-state index contributed by atoms with van der Waals surface area (Å²) in [5.41, 5.74) is 10.8. The second-order valence-corrected chi connectivity index (χ2v) is 16.1. The van der Waals surface area contributed by atoms with Gasteiger partial charge in [-0.25, -0.2) is 0 Å². The second-order valence-electron chi connectivity index (χ2n) is 14.0. The third-order valence-corrected chi connectivity index (χ3v) is 13.3. The van der Waals surface area contributed by atoms with E-state index in [4.69, 9.17) is 0 Å². The molecule has 11 rings (SSSR count). The highest BCUT2D eigenvalue weighted by Crippen LogP contribution is 2.48. The van der Waals surface area contributed by atoms with E-state index < -0.39 is 0 Å². The Balaban J connectivity index is 1.14. The maximum atomic E-state index is 2.46. The van der Waals surface area contributed by atoms with E-state index in [1.54, 1.807) is 0 Å². The third-order valence-electron chi connectivity index (χ3n) is 10.9. The van der Waals surface area contributed by atoms with Crippen LogP contribution in [0, 0.1) is 0 Å². The fraction of sp³-hybridized carbons (Fsp3) is 0. The van der Waals surface area contributed by atoms with Crippen molar-refractivity contribution >= 4 is 90.9 Å². The highest BCUT2D eigenvalue weighted by Gasteiger charge is 2.21. The molecule has 0 fully saturated rings. The molecule has 2 heterocycles. The molecule has 0 unspecified atom stereocenters. The molecular formula is C52H33NS2. The lowest BCUT2D eigenvalue weighted by Crippen LogP contribution is -2.10. The molecule has 0 bridgehead atoms.